The van der Waals surface area contributed by atoms with Crippen molar-refractivity contribution in [2.45, 2.75) is 401 Å². The van der Waals surface area contributed by atoms with Gasteiger partial charge in [0.15, 0.2) is 12.2 Å². The summed E-state index contributed by atoms with van der Waals surface area (Å²) in [5.74, 6) is 0.962. The summed E-state index contributed by atoms with van der Waals surface area (Å²) in [5.41, 5.74) is 0. The van der Waals surface area contributed by atoms with Gasteiger partial charge in [-0.15, -0.1) is 0 Å². The van der Waals surface area contributed by atoms with Crippen LogP contribution in [0.5, 0.6) is 0 Å². The van der Waals surface area contributed by atoms with Gasteiger partial charge in [0.05, 0.1) is 26.4 Å². The van der Waals surface area contributed by atoms with Gasteiger partial charge in [-0.3, -0.25) is 37.3 Å². The number of hydrogen-bond donors (Lipinski definition) is 3. The molecule has 0 aliphatic heterocycles. The van der Waals surface area contributed by atoms with Gasteiger partial charge in [-0.2, -0.15) is 0 Å². The van der Waals surface area contributed by atoms with Crippen LogP contribution in [0.1, 0.15) is 383 Å². The first-order valence-electron chi connectivity index (χ1n) is 39.2. The molecule has 6 atom stereocenters. The van der Waals surface area contributed by atoms with Gasteiger partial charge in [0.2, 0.25) is 0 Å². The van der Waals surface area contributed by atoms with E-state index in [0.717, 1.165) is 114 Å². The molecule has 0 amide bonds. The molecule has 0 saturated heterocycles. The number of hydrogen-bond acceptors (Lipinski definition) is 15. The number of carbonyl (C=O) groups excluding carboxylic acids is 4. The van der Waals surface area contributed by atoms with Crippen molar-refractivity contribution in [1.29, 1.82) is 0 Å². The first-order chi connectivity index (χ1) is 45.6. The van der Waals surface area contributed by atoms with E-state index in [4.69, 9.17) is 37.0 Å². The summed E-state index contributed by atoms with van der Waals surface area (Å²) in [6.07, 6.45) is 49.9. The van der Waals surface area contributed by atoms with Crippen LogP contribution < -0.4 is 0 Å². The Kier molecular flexibility index (Phi) is 64.0. The van der Waals surface area contributed by atoms with Gasteiger partial charge in [-0.05, 0) is 49.4 Å². The molecular formula is C76H148O17P2. The fraction of sp³-hybridized carbons (Fsp3) is 0.947. The number of esters is 4. The third kappa shape index (κ3) is 69.0. The van der Waals surface area contributed by atoms with Crippen LogP contribution in [0.2, 0.25) is 0 Å². The van der Waals surface area contributed by atoms with Crippen molar-refractivity contribution in [2.75, 3.05) is 39.6 Å². The van der Waals surface area contributed by atoms with Gasteiger partial charge < -0.3 is 33.8 Å². The summed E-state index contributed by atoms with van der Waals surface area (Å²) in [6.45, 7) is 14.2. The largest absolute Gasteiger partial charge is 0.472 e. The second kappa shape index (κ2) is 65.4. The Morgan fingerprint density at radius 3 is 0.747 bits per heavy atom. The van der Waals surface area contributed by atoms with Crippen molar-refractivity contribution in [3.05, 3.63) is 0 Å². The van der Waals surface area contributed by atoms with Crippen LogP contribution in [-0.4, -0.2) is 96.7 Å². The smallest absolute Gasteiger partial charge is 0.462 e. The Morgan fingerprint density at radius 1 is 0.295 bits per heavy atom. The number of aliphatic hydroxyl groups is 1. The number of rotatable bonds is 73. The molecule has 4 unspecified atom stereocenters. The Labute approximate surface area is 581 Å². The highest BCUT2D eigenvalue weighted by atomic mass is 31.2. The first kappa shape index (κ1) is 93.1. The SMILES string of the molecule is CCC(C)CCCCCCCCCCCCCCCCC(=O)O[C@H](COC(=O)CCCCCCCCCCCCC(C)C)COP(=O)(O)OCC(O)COP(=O)(O)OC[C@@H](COC(=O)CCCCCCCCCCC(C)C)OC(=O)CCCCCCCCCCCCC(C)C. The molecule has 3 N–H and O–H groups in total. The topological polar surface area (TPSA) is 237 Å². The van der Waals surface area contributed by atoms with Crippen LogP contribution in [-0.2, 0) is 65.4 Å². The van der Waals surface area contributed by atoms with Crippen LogP contribution in [0, 0.1) is 23.7 Å². The van der Waals surface area contributed by atoms with Gasteiger partial charge in [-0.1, -0.05) is 331 Å². The van der Waals surface area contributed by atoms with Crippen LogP contribution in [0.25, 0.3) is 0 Å². The summed E-state index contributed by atoms with van der Waals surface area (Å²) in [7, 11) is -9.91. The second-order valence-corrected chi connectivity index (χ2v) is 32.0. The molecule has 0 radical (unpaired) electrons. The standard InChI is InChI=1S/C76H148O17P2/c1-9-69(8)55-47-39-31-22-14-12-10-11-13-15-24-34-42-50-58-75(80)92-71(62-86-73(78)56-48-40-32-23-18-16-20-28-36-44-52-66(2)3)64-90-94(82,83)88-60-70(77)61-89-95(84,85)91-65-72(63-87-74(79)57-49-41-33-27-26-30-38-46-54-68(6)7)93-76(81)59-51-43-35-25-19-17-21-29-37-45-53-67(4)5/h66-72,77H,9-65H2,1-8H3,(H,82,83)(H,84,85)/t69?,70?,71-,72-/m1/s1. The second-order valence-electron chi connectivity index (χ2n) is 29.1. The molecule has 19 heteroatoms. The molecular weight excluding hydrogens is 1250 g/mol. The van der Waals surface area contributed by atoms with Crippen molar-refractivity contribution >= 4 is 39.5 Å². The molecule has 17 nitrogen and oxygen atoms in total. The molecule has 0 saturated carbocycles. The Hall–Kier alpha value is -1.94. The lowest BCUT2D eigenvalue weighted by molar-refractivity contribution is -0.161. The number of carbonyl (C=O) groups is 4. The van der Waals surface area contributed by atoms with Crippen molar-refractivity contribution in [3.8, 4) is 0 Å². The molecule has 0 aromatic heterocycles. The minimum atomic E-state index is -4.96. The Bertz CT molecular complexity index is 1870. The number of phosphoric ester groups is 2. The predicted molar refractivity (Wildman–Crippen MR) is 386 cm³/mol. The lowest BCUT2D eigenvalue weighted by Crippen LogP contribution is -2.30. The van der Waals surface area contributed by atoms with E-state index in [1.165, 1.54) is 186 Å². The van der Waals surface area contributed by atoms with Crippen molar-refractivity contribution in [2.24, 2.45) is 23.7 Å². The molecule has 0 aromatic carbocycles. The molecule has 0 bridgehead atoms. The van der Waals surface area contributed by atoms with E-state index in [9.17, 15) is 43.2 Å². The van der Waals surface area contributed by atoms with Gasteiger partial charge in [-0.25, -0.2) is 9.13 Å². The highest BCUT2D eigenvalue weighted by molar-refractivity contribution is 7.47. The first-order valence-corrected chi connectivity index (χ1v) is 42.2. The maximum Gasteiger partial charge on any atom is 0.472 e. The van der Waals surface area contributed by atoms with Crippen LogP contribution in [0.15, 0.2) is 0 Å². The maximum atomic E-state index is 13.1. The zero-order valence-electron chi connectivity index (χ0n) is 62.3. The van der Waals surface area contributed by atoms with E-state index in [-0.39, 0.29) is 25.7 Å². The minimum absolute atomic E-state index is 0.105. The zero-order valence-corrected chi connectivity index (χ0v) is 64.1. The third-order valence-electron chi connectivity index (χ3n) is 17.9. The molecule has 564 valence electrons. The molecule has 0 aliphatic rings. The molecule has 0 aromatic rings. The fourth-order valence-electron chi connectivity index (χ4n) is 11.5. The molecule has 0 spiro atoms. The van der Waals surface area contributed by atoms with E-state index < -0.39 is 97.5 Å². The van der Waals surface area contributed by atoms with Crippen molar-refractivity contribution < 1.29 is 80.2 Å². The van der Waals surface area contributed by atoms with Crippen molar-refractivity contribution in [1.82, 2.24) is 0 Å². The highest BCUT2D eigenvalue weighted by Gasteiger charge is 2.30. The Morgan fingerprint density at radius 2 is 0.505 bits per heavy atom. The fourth-order valence-corrected chi connectivity index (χ4v) is 13.1. The summed E-state index contributed by atoms with van der Waals surface area (Å²) in [6, 6.07) is 0. The number of phosphoric acid groups is 2. The lowest BCUT2D eigenvalue weighted by Gasteiger charge is -2.21. The quantitative estimate of drug-likeness (QED) is 0.0222. The summed E-state index contributed by atoms with van der Waals surface area (Å²) < 4.78 is 68.5. The van der Waals surface area contributed by atoms with E-state index in [1.807, 2.05) is 0 Å². The monoisotopic (exact) mass is 1400 g/mol. The van der Waals surface area contributed by atoms with Gasteiger partial charge in [0.1, 0.15) is 19.3 Å². The van der Waals surface area contributed by atoms with E-state index in [0.29, 0.717) is 25.7 Å². The van der Waals surface area contributed by atoms with Crippen LogP contribution in [0.3, 0.4) is 0 Å². The number of ether oxygens (including phenoxy) is 4. The molecule has 95 heavy (non-hydrogen) atoms. The van der Waals surface area contributed by atoms with Gasteiger partial charge >= 0.3 is 39.5 Å². The molecule has 0 fully saturated rings. The molecule has 0 aliphatic carbocycles. The van der Waals surface area contributed by atoms with Crippen molar-refractivity contribution in [3.63, 3.8) is 0 Å². The van der Waals surface area contributed by atoms with E-state index in [2.05, 4.69) is 55.4 Å². The average molecular weight is 1400 g/mol. The van der Waals surface area contributed by atoms with Crippen LogP contribution in [0.4, 0.5) is 0 Å². The lowest BCUT2D eigenvalue weighted by atomic mass is 9.99. The molecule has 0 rings (SSSR count). The van der Waals surface area contributed by atoms with E-state index >= 15 is 0 Å². The summed E-state index contributed by atoms with van der Waals surface area (Å²) in [5, 5.41) is 10.6. The van der Waals surface area contributed by atoms with Crippen LogP contribution >= 0.6 is 15.6 Å². The molecule has 0 heterocycles. The normalized spacial score (nSPS) is 14.4. The Balaban J connectivity index is 5.26. The summed E-state index contributed by atoms with van der Waals surface area (Å²) >= 11 is 0. The third-order valence-corrected chi connectivity index (χ3v) is 19.8. The predicted octanol–water partition coefficient (Wildman–Crippen LogP) is 22.0. The zero-order chi connectivity index (χ0) is 70.3. The number of unbranched alkanes of at least 4 members (excludes halogenated alkanes) is 38. The van der Waals surface area contributed by atoms with Gasteiger partial charge in [0.25, 0.3) is 0 Å². The minimum Gasteiger partial charge on any atom is -0.462 e. The maximum absolute atomic E-state index is 13.1. The average Bonchev–Trinajstić information content (AvgIpc) is 1.76. The van der Waals surface area contributed by atoms with Gasteiger partial charge in [0, 0.05) is 25.7 Å². The summed E-state index contributed by atoms with van der Waals surface area (Å²) in [4.78, 5) is 72.8. The van der Waals surface area contributed by atoms with E-state index in [1.54, 1.807) is 0 Å². The number of aliphatic hydroxyl groups excluding tert-OH is 1. The highest BCUT2D eigenvalue weighted by Crippen LogP contribution is 2.45.